The summed E-state index contributed by atoms with van der Waals surface area (Å²) in [7, 11) is 0. The second kappa shape index (κ2) is 7.23. The van der Waals surface area contributed by atoms with Crippen LogP contribution >= 0.6 is 34.7 Å². The molecule has 7 heteroatoms. The SMILES string of the molecule is O=C1N=C(N2CCN(c3cccc(Cl)c3)CC2)S/C1=C\c1cccs1. The molecule has 0 N–H and O–H groups in total. The molecule has 1 saturated heterocycles. The summed E-state index contributed by atoms with van der Waals surface area (Å²) in [6.45, 7) is 3.46. The second-order valence-corrected chi connectivity index (χ2v) is 8.20. The molecule has 2 aromatic rings. The molecule has 2 aliphatic heterocycles. The Hall–Kier alpha value is -1.76. The van der Waals surface area contributed by atoms with Crippen LogP contribution in [0.5, 0.6) is 0 Å². The van der Waals surface area contributed by atoms with E-state index in [4.69, 9.17) is 11.6 Å². The maximum Gasteiger partial charge on any atom is 0.286 e. The fraction of sp³-hybridized carbons (Fsp3) is 0.222. The van der Waals surface area contributed by atoms with E-state index >= 15 is 0 Å². The number of hydrogen-bond acceptors (Lipinski definition) is 5. The molecule has 1 aromatic carbocycles. The van der Waals surface area contributed by atoms with Gasteiger partial charge in [-0.1, -0.05) is 23.7 Å². The van der Waals surface area contributed by atoms with Crippen LogP contribution < -0.4 is 4.90 Å². The van der Waals surface area contributed by atoms with Gasteiger partial charge in [-0.3, -0.25) is 4.79 Å². The van der Waals surface area contributed by atoms with Crippen molar-refractivity contribution in [2.75, 3.05) is 31.1 Å². The quantitative estimate of drug-likeness (QED) is 0.721. The molecule has 0 unspecified atom stereocenters. The second-order valence-electron chi connectivity index (χ2n) is 5.78. The number of hydrogen-bond donors (Lipinski definition) is 0. The van der Waals surface area contributed by atoms with Gasteiger partial charge in [-0.15, -0.1) is 11.3 Å². The number of aliphatic imine (C=N–C) groups is 1. The van der Waals surface area contributed by atoms with Gasteiger partial charge in [0.25, 0.3) is 5.91 Å². The number of halogens is 1. The van der Waals surface area contributed by atoms with Crippen molar-refractivity contribution in [2.45, 2.75) is 0 Å². The Balaban J connectivity index is 1.40. The summed E-state index contributed by atoms with van der Waals surface area (Å²) in [4.78, 5) is 22.7. The number of carbonyl (C=O) groups is 1. The van der Waals surface area contributed by atoms with Crippen LogP contribution in [0.3, 0.4) is 0 Å². The van der Waals surface area contributed by atoms with Crippen molar-refractivity contribution in [1.29, 1.82) is 0 Å². The third kappa shape index (κ3) is 3.76. The number of carbonyl (C=O) groups excluding carboxylic acids is 1. The molecule has 4 nitrogen and oxygen atoms in total. The van der Waals surface area contributed by atoms with E-state index in [1.165, 1.54) is 11.8 Å². The normalized spacial score (nSPS) is 19.6. The smallest absolute Gasteiger partial charge is 0.286 e. The molecule has 1 amide bonds. The standard InChI is InChI=1S/C18H16ClN3OS2/c19-13-3-1-4-14(11-13)21-6-8-22(9-7-21)18-20-17(23)16(25-18)12-15-5-2-10-24-15/h1-5,10-12H,6-9H2/b16-12-. The molecule has 0 radical (unpaired) electrons. The molecule has 25 heavy (non-hydrogen) atoms. The van der Waals surface area contributed by atoms with E-state index in [0.29, 0.717) is 4.91 Å². The molecule has 128 valence electrons. The minimum Gasteiger partial charge on any atom is -0.368 e. The number of nitrogens with zero attached hydrogens (tertiary/aromatic N) is 3. The van der Waals surface area contributed by atoms with E-state index in [1.807, 2.05) is 41.8 Å². The van der Waals surface area contributed by atoms with Crippen molar-refractivity contribution in [3.05, 3.63) is 56.6 Å². The summed E-state index contributed by atoms with van der Waals surface area (Å²) < 4.78 is 0. The van der Waals surface area contributed by atoms with Crippen LogP contribution in [-0.2, 0) is 4.79 Å². The third-order valence-corrected chi connectivity index (χ3v) is 6.25. The van der Waals surface area contributed by atoms with E-state index in [1.54, 1.807) is 11.3 Å². The van der Waals surface area contributed by atoms with Gasteiger partial charge in [0.15, 0.2) is 5.17 Å². The van der Waals surface area contributed by atoms with E-state index in [-0.39, 0.29) is 5.91 Å². The van der Waals surface area contributed by atoms with Crippen LogP contribution in [0.2, 0.25) is 5.02 Å². The molecular formula is C18H16ClN3OS2. The highest BCUT2D eigenvalue weighted by atomic mass is 35.5. The fourth-order valence-corrected chi connectivity index (χ4v) is 4.74. The Morgan fingerprint density at radius 2 is 1.88 bits per heavy atom. The number of thiophene rings is 1. The van der Waals surface area contributed by atoms with E-state index in [2.05, 4.69) is 20.9 Å². The topological polar surface area (TPSA) is 35.9 Å². The van der Waals surface area contributed by atoms with Crippen LogP contribution in [0, 0.1) is 0 Å². The van der Waals surface area contributed by atoms with Gasteiger partial charge in [-0.25, -0.2) is 0 Å². The minimum absolute atomic E-state index is 0.134. The van der Waals surface area contributed by atoms with Crippen molar-refractivity contribution in [3.63, 3.8) is 0 Å². The van der Waals surface area contributed by atoms with E-state index in [0.717, 1.165) is 46.9 Å². The molecule has 3 heterocycles. The van der Waals surface area contributed by atoms with Gasteiger partial charge in [0.05, 0.1) is 4.91 Å². The molecule has 4 rings (SSSR count). The van der Waals surface area contributed by atoms with Gasteiger partial charge in [0, 0.05) is 41.8 Å². The third-order valence-electron chi connectivity index (χ3n) is 4.15. The number of anilines is 1. The monoisotopic (exact) mass is 389 g/mol. The van der Waals surface area contributed by atoms with Crippen LogP contribution in [0.15, 0.2) is 51.7 Å². The van der Waals surface area contributed by atoms with Gasteiger partial charge in [0.2, 0.25) is 0 Å². The van der Waals surface area contributed by atoms with Crippen molar-refractivity contribution < 1.29 is 4.79 Å². The maximum atomic E-state index is 12.2. The van der Waals surface area contributed by atoms with Crippen molar-refractivity contribution in [1.82, 2.24) is 4.90 Å². The van der Waals surface area contributed by atoms with Crippen molar-refractivity contribution in [2.24, 2.45) is 4.99 Å². The first-order valence-electron chi connectivity index (χ1n) is 8.00. The predicted octanol–water partition coefficient (Wildman–Crippen LogP) is 4.19. The van der Waals surface area contributed by atoms with Gasteiger partial charge < -0.3 is 9.80 Å². The van der Waals surface area contributed by atoms with E-state index in [9.17, 15) is 4.79 Å². The molecule has 0 atom stereocenters. The summed E-state index contributed by atoms with van der Waals surface area (Å²) in [5, 5.41) is 3.58. The van der Waals surface area contributed by atoms with Crippen LogP contribution in [-0.4, -0.2) is 42.2 Å². The van der Waals surface area contributed by atoms with Crippen LogP contribution in [0.1, 0.15) is 4.88 Å². The molecule has 0 spiro atoms. The highest BCUT2D eigenvalue weighted by Gasteiger charge is 2.28. The summed E-state index contributed by atoms with van der Waals surface area (Å²) in [5.74, 6) is -0.134. The zero-order chi connectivity index (χ0) is 17.2. The van der Waals surface area contributed by atoms with Gasteiger partial charge in [-0.2, -0.15) is 4.99 Å². The molecule has 0 bridgehead atoms. The number of benzene rings is 1. The maximum absolute atomic E-state index is 12.2. The average Bonchev–Trinajstić information content (AvgIpc) is 3.26. The summed E-state index contributed by atoms with van der Waals surface area (Å²) in [6, 6.07) is 11.9. The van der Waals surface area contributed by atoms with Crippen LogP contribution in [0.25, 0.3) is 6.08 Å². The average molecular weight is 390 g/mol. The Morgan fingerprint density at radius 3 is 2.60 bits per heavy atom. The Labute approximate surface area is 159 Å². The van der Waals surface area contributed by atoms with Crippen molar-refractivity contribution in [3.8, 4) is 0 Å². The van der Waals surface area contributed by atoms with Gasteiger partial charge in [0.1, 0.15) is 0 Å². The molecular weight excluding hydrogens is 374 g/mol. The Bertz CT molecular complexity index is 840. The first kappa shape index (κ1) is 16.7. The Kier molecular flexibility index (Phi) is 4.83. The first-order chi connectivity index (χ1) is 12.2. The lowest BCUT2D eigenvalue weighted by Gasteiger charge is -2.36. The number of amides is 1. The lowest BCUT2D eigenvalue weighted by Crippen LogP contribution is -2.47. The molecule has 0 aliphatic carbocycles. The van der Waals surface area contributed by atoms with Gasteiger partial charge in [-0.05, 0) is 47.5 Å². The zero-order valence-electron chi connectivity index (χ0n) is 13.4. The van der Waals surface area contributed by atoms with Crippen molar-refractivity contribution >= 4 is 57.5 Å². The molecule has 1 aromatic heterocycles. The number of amidine groups is 1. The molecule has 1 fully saturated rings. The molecule has 0 saturated carbocycles. The number of piperazine rings is 1. The summed E-state index contributed by atoms with van der Waals surface area (Å²) >= 11 is 9.19. The number of rotatable bonds is 2. The fourth-order valence-electron chi connectivity index (χ4n) is 2.86. The highest BCUT2D eigenvalue weighted by Crippen LogP contribution is 2.32. The Morgan fingerprint density at radius 1 is 1.08 bits per heavy atom. The lowest BCUT2D eigenvalue weighted by molar-refractivity contribution is -0.113. The minimum atomic E-state index is -0.134. The summed E-state index contributed by atoms with van der Waals surface area (Å²) in [5.41, 5.74) is 1.14. The van der Waals surface area contributed by atoms with Gasteiger partial charge >= 0.3 is 0 Å². The zero-order valence-corrected chi connectivity index (χ0v) is 15.8. The van der Waals surface area contributed by atoms with Crippen LogP contribution in [0.4, 0.5) is 5.69 Å². The largest absolute Gasteiger partial charge is 0.368 e. The molecule has 2 aliphatic rings. The highest BCUT2D eigenvalue weighted by molar-refractivity contribution is 8.18. The summed E-state index contributed by atoms with van der Waals surface area (Å²) in [6.07, 6.45) is 1.93. The number of thioether (sulfide) groups is 1. The lowest BCUT2D eigenvalue weighted by atomic mass is 10.2. The first-order valence-corrected chi connectivity index (χ1v) is 10.1. The van der Waals surface area contributed by atoms with E-state index < -0.39 is 0 Å². The predicted molar refractivity (Wildman–Crippen MR) is 108 cm³/mol.